The molecule has 0 amide bonds. The third-order valence-corrected chi connectivity index (χ3v) is 3.66. The maximum absolute atomic E-state index is 13.2. The molecule has 124 valence electrons. The van der Waals surface area contributed by atoms with E-state index in [0.29, 0.717) is 29.6 Å². The first-order chi connectivity index (χ1) is 12.1. The van der Waals surface area contributed by atoms with E-state index in [9.17, 15) is 14.0 Å². The fourth-order valence-corrected chi connectivity index (χ4v) is 2.42. The van der Waals surface area contributed by atoms with Gasteiger partial charge < -0.3 is 0 Å². The molecule has 0 aliphatic rings. The Kier molecular flexibility index (Phi) is 4.71. The number of ketones is 1. The summed E-state index contributed by atoms with van der Waals surface area (Å²) in [6, 6.07) is 9.33. The molecule has 0 fully saturated rings. The Hall–Kier alpha value is -3.26. The van der Waals surface area contributed by atoms with Crippen molar-refractivity contribution < 1.29 is 9.18 Å². The first-order valence-corrected chi connectivity index (χ1v) is 7.90. The number of aromatic nitrogens is 2. The van der Waals surface area contributed by atoms with Gasteiger partial charge in [-0.25, -0.2) is 9.37 Å². The highest BCUT2D eigenvalue weighted by atomic mass is 19.1. The zero-order chi connectivity index (χ0) is 17.8. The summed E-state index contributed by atoms with van der Waals surface area (Å²) in [4.78, 5) is 28.5. The maximum atomic E-state index is 13.2. The SMILES string of the molecule is CCCC(=O)c1cnc2cc(C#Cc3cccc(F)c3)ccn2c1=O. The molecular weight excluding hydrogens is 319 g/mol. The summed E-state index contributed by atoms with van der Waals surface area (Å²) in [5.74, 6) is 5.24. The zero-order valence-electron chi connectivity index (χ0n) is 13.6. The second-order valence-electron chi connectivity index (χ2n) is 5.55. The fraction of sp³-hybridized carbons (Fsp3) is 0.150. The van der Waals surface area contributed by atoms with Gasteiger partial charge in [0.25, 0.3) is 5.56 Å². The van der Waals surface area contributed by atoms with Crippen molar-refractivity contribution in [2.75, 3.05) is 0 Å². The van der Waals surface area contributed by atoms with Gasteiger partial charge in [0.05, 0.1) is 0 Å². The maximum Gasteiger partial charge on any atom is 0.268 e. The molecule has 0 aliphatic carbocycles. The van der Waals surface area contributed by atoms with Crippen LogP contribution >= 0.6 is 0 Å². The summed E-state index contributed by atoms with van der Waals surface area (Å²) in [6.07, 6.45) is 3.86. The van der Waals surface area contributed by atoms with Crippen LogP contribution in [0.4, 0.5) is 4.39 Å². The van der Waals surface area contributed by atoms with E-state index >= 15 is 0 Å². The molecule has 0 unspecified atom stereocenters. The van der Waals surface area contributed by atoms with E-state index in [1.165, 1.54) is 22.7 Å². The molecule has 0 saturated carbocycles. The predicted molar refractivity (Wildman–Crippen MR) is 93.1 cm³/mol. The Morgan fingerprint density at radius 3 is 2.68 bits per heavy atom. The summed E-state index contributed by atoms with van der Waals surface area (Å²) < 4.78 is 14.5. The number of Topliss-reactive ketones (excluding diaryl/α,β-unsaturated/α-hetero) is 1. The van der Waals surface area contributed by atoms with E-state index < -0.39 is 0 Å². The zero-order valence-corrected chi connectivity index (χ0v) is 13.6. The number of halogens is 1. The Labute approximate surface area is 144 Å². The van der Waals surface area contributed by atoms with Gasteiger partial charge in [-0.1, -0.05) is 24.8 Å². The third kappa shape index (κ3) is 3.64. The number of pyridine rings is 1. The van der Waals surface area contributed by atoms with Gasteiger partial charge in [-0.15, -0.1) is 0 Å². The van der Waals surface area contributed by atoms with Gasteiger partial charge in [0.15, 0.2) is 5.78 Å². The summed E-state index contributed by atoms with van der Waals surface area (Å²) in [5, 5.41) is 0. The van der Waals surface area contributed by atoms with E-state index in [4.69, 9.17) is 0 Å². The van der Waals surface area contributed by atoms with Gasteiger partial charge in [0, 0.05) is 29.9 Å². The highest BCUT2D eigenvalue weighted by Gasteiger charge is 2.12. The molecule has 0 atom stereocenters. The number of hydrogen-bond donors (Lipinski definition) is 0. The van der Waals surface area contributed by atoms with E-state index in [1.807, 2.05) is 6.92 Å². The second-order valence-corrected chi connectivity index (χ2v) is 5.55. The van der Waals surface area contributed by atoms with Gasteiger partial charge in [-0.2, -0.15) is 0 Å². The molecule has 1 aromatic carbocycles. The van der Waals surface area contributed by atoms with Gasteiger partial charge in [-0.3, -0.25) is 14.0 Å². The van der Waals surface area contributed by atoms with Crippen LogP contribution in [0.25, 0.3) is 5.65 Å². The van der Waals surface area contributed by atoms with Crippen LogP contribution in [0.2, 0.25) is 0 Å². The highest BCUT2D eigenvalue weighted by molar-refractivity contribution is 5.95. The van der Waals surface area contributed by atoms with Crippen molar-refractivity contribution in [3.05, 3.63) is 81.7 Å². The van der Waals surface area contributed by atoms with E-state index in [1.54, 1.807) is 30.5 Å². The molecule has 0 radical (unpaired) electrons. The van der Waals surface area contributed by atoms with Crippen LogP contribution in [0.1, 0.15) is 41.3 Å². The quantitative estimate of drug-likeness (QED) is 0.546. The van der Waals surface area contributed by atoms with Crippen molar-refractivity contribution in [1.82, 2.24) is 9.38 Å². The minimum atomic E-state index is -0.381. The smallest absolute Gasteiger partial charge is 0.268 e. The highest BCUT2D eigenvalue weighted by Crippen LogP contribution is 2.06. The van der Waals surface area contributed by atoms with Crippen LogP contribution < -0.4 is 5.56 Å². The number of nitrogens with zero attached hydrogens (tertiary/aromatic N) is 2. The molecule has 0 N–H and O–H groups in total. The molecule has 3 rings (SSSR count). The summed E-state index contributed by atoms with van der Waals surface area (Å²) in [7, 11) is 0. The lowest BCUT2D eigenvalue weighted by atomic mass is 10.1. The topological polar surface area (TPSA) is 51.4 Å². The minimum Gasteiger partial charge on any atom is -0.294 e. The van der Waals surface area contributed by atoms with Crippen LogP contribution in [-0.2, 0) is 0 Å². The van der Waals surface area contributed by atoms with Crippen molar-refractivity contribution in [3.8, 4) is 11.8 Å². The largest absolute Gasteiger partial charge is 0.294 e. The van der Waals surface area contributed by atoms with Crippen molar-refractivity contribution in [1.29, 1.82) is 0 Å². The normalized spacial score (nSPS) is 10.3. The number of carbonyl (C=O) groups is 1. The van der Waals surface area contributed by atoms with Crippen molar-refractivity contribution in [2.24, 2.45) is 0 Å². The molecule has 25 heavy (non-hydrogen) atoms. The van der Waals surface area contributed by atoms with Gasteiger partial charge >= 0.3 is 0 Å². The average Bonchev–Trinajstić information content (AvgIpc) is 2.60. The number of fused-ring (bicyclic) bond motifs is 1. The Bertz CT molecular complexity index is 1070. The number of rotatable bonds is 3. The van der Waals surface area contributed by atoms with Gasteiger partial charge in [-0.05, 0) is 36.8 Å². The van der Waals surface area contributed by atoms with E-state index in [0.717, 1.165) is 0 Å². The van der Waals surface area contributed by atoms with Crippen LogP contribution in [-0.4, -0.2) is 15.2 Å². The Morgan fingerprint density at radius 1 is 1.20 bits per heavy atom. The molecule has 0 aliphatic heterocycles. The van der Waals surface area contributed by atoms with Crippen LogP contribution in [0.5, 0.6) is 0 Å². The molecule has 5 heteroatoms. The van der Waals surface area contributed by atoms with E-state index in [-0.39, 0.29) is 22.7 Å². The minimum absolute atomic E-state index is 0.0953. The second kappa shape index (κ2) is 7.10. The molecular formula is C20H15FN2O2. The molecule has 0 bridgehead atoms. The summed E-state index contributed by atoms with van der Waals surface area (Å²) >= 11 is 0. The molecule has 0 spiro atoms. The van der Waals surface area contributed by atoms with Crippen LogP contribution in [0, 0.1) is 17.7 Å². The van der Waals surface area contributed by atoms with Crippen molar-refractivity contribution >= 4 is 11.4 Å². The standard InChI is InChI=1S/C20H15FN2O2/c1-2-4-18(24)17-13-22-19-12-15(9-10-23(19)20(17)25)8-7-14-5-3-6-16(21)11-14/h3,5-6,9-13H,2,4H2,1H3. The lowest BCUT2D eigenvalue weighted by Gasteiger charge is -2.03. The summed E-state index contributed by atoms with van der Waals surface area (Å²) in [5.41, 5.74) is 1.32. The molecule has 4 nitrogen and oxygen atoms in total. The molecule has 0 saturated heterocycles. The molecule has 2 heterocycles. The van der Waals surface area contributed by atoms with Crippen LogP contribution in [0.15, 0.2) is 53.6 Å². The van der Waals surface area contributed by atoms with Gasteiger partial charge in [0.2, 0.25) is 0 Å². The van der Waals surface area contributed by atoms with Gasteiger partial charge in [0.1, 0.15) is 17.0 Å². The fourth-order valence-electron chi connectivity index (χ4n) is 2.42. The average molecular weight is 334 g/mol. The summed E-state index contributed by atoms with van der Waals surface area (Å²) in [6.45, 7) is 1.88. The Balaban J connectivity index is 1.98. The molecule has 2 aromatic heterocycles. The molecule has 3 aromatic rings. The number of carbonyl (C=O) groups excluding carboxylic acids is 1. The first kappa shape index (κ1) is 16.6. The lowest BCUT2D eigenvalue weighted by Crippen LogP contribution is -2.22. The number of benzene rings is 1. The lowest BCUT2D eigenvalue weighted by molar-refractivity contribution is 0.0980. The first-order valence-electron chi connectivity index (χ1n) is 7.90. The predicted octanol–water partition coefficient (Wildman–Crippen LogP) is 3.22. The van der Waals surface area contributed by atoms with Crippen LogP contribution in [0.3, 0.4) is 0 Å². The monoisotopic (exact) mass is 334 g/mol. The van der Waals surface area contributed by atoms with E-state index in [2.05, 4.69) is 16.8 Å². The Morgan fingerprint density at radius 2 is 1.96 bits per heavy atom. The number of hydrogen-bond acceptors (Lipinski definition) is 3. The van der Waals surface area contributed by atoms with Crippen molar-refractivity contribution in [2.45, 2.75) is 19.8 Å². The van der Waals surface area contributed by atoms with Crippen molar-refractivity contribution in [3.63, 3.8) is 0 Å². The third-order valence-electron chi connectivity index (χ3n) is 3.66.